The highest BCUT2D eigenvalue weighted by atomic mass is 79.9. The second-order valence-corrected chi connectivity index (χ2v) is 3.14. The largest absolute Gasteiger partial charge is 0.461 e. The van der Waals surface area contributed by atoms with Gasteiger partial charge in [0.25, 0.3) is 0 Å². The van der Waals surface area contributed by atoms with Crippen molar-refractivity contribution in [1.82, 2.24) is 0 Å². The highest BCUT2D eigenvalue weighted by Gasteiger charge is 2.04. The molecule has 0 saturated carbocycles. The molecule has 56 valence electrons. The minimum Gasteiger partial charge on any atom is -0.461 e. The molecule has 0 amide bonds. The molecule has 11 heavy (non-hydrogen) atoms. The summed E-state index contributed by atoms with van der Waals surface area (Å²) in [5, 5.41) is 0.775. The third kappa shape index (κ3) is 1.05. The Balaban J connectivity index is 2.91. The van der Waals surface area contributed by atoms with Crippen LogP contribution in [0.15, 0.2) is 33.4 Å². The van der Waals surface area contributed by atoms with Gasteiger partial charge in [0.05, 0.1) is 6.26 Å². The third-order valence-corrected chi connectivity index (χ3v) is 1.93. The number of fused-ring (bicyclic) bond motifs is 1. The fourth-order valence-electron chi connectivity index (χ4n) is 1.00. The van der Waals surface area contributed by atoms with Crippen molar-refractivity contribution < 1.29 is 8.81 Å². The molecule has 1 heterocycles. The third-order valence-electron chi connectivity index (χ3n) is 1.47. The van der Waals surface area contributed by atoms with Gasteiger partial charge in [-0.05, 0) is 18.2 Å². The first kappa shape index (κ1) is 6.85. The number of furan rings is 1. The maximum absolute atomic E-state index is 13.0. The van der Waals surface area contributed by atoms with Crippen molar-refractivity contribution in [3.63, 3.8) is 0 Å². The van der Waals surface area contributed by atoms with Crippen molar-refractivity contribution in [3.8, 4) is 0 Å². The standard InChI is InChI=1S/C8H4BrFO/c9-6-3-5-1-2-11-8(5)7(10)4-6/h1-4H. The van der Waals surface area contributed by atoms with Gasteiger partial charge in [0.2, 0.25) is 0 Å². The van der Waals surface area contributed by atoms with Gasteiger partial charge in [-0.1, -0.05) is 15.9 Å². The first-order valence-corrected chi connectivity index (χ1v) is 3.89. The minimum atomic E-state index is -0.334. The van der Waals surface area contributed by atoms with Crippen LogP contribution >= 0.6 is 15.9 Å². The van der Waals surface area contributed by atoms with E-state index in [4.69, 9.17) is 4.42 Å². The lowest BCUT2D eigenvalue weighted by atomic mass is 10.2. The lowest BCUT2D eigenvalue weighted by Gasteiger charge is -1.91. The Morgan fingerprint density at radius 2 is 2.18 bits per heavy atom. The average molecular weight is 215 g/mol. The zero-order valence-electron chi connectivity index (χ0n) is 5.47. The second kappa shape index (κ2) is 2.34. The summed E-state index contributed by atoms with van der Waals surface area (Å²) in [7, 11) is 0. The van der Waals surface area contributed by atoms with Crippen molar-refractivity contribution in [2.24, 2.45) is 0 Å². The van der Waals surface area contributed by atoms with Crippen LogP contribution in [0, 0.1) is 5.82 Å². The Labute approximate surface area is 70.9 Å². The molecule has 0 aliphatic heterocycles. The average Bonchev–Trinajstić information content (AvgIpc) is 2.34. The van der Waals surface area contributed by atoms with E-state index in [1.807, 2.05) is 6.07 Å². The predicted molar refractivity (Wildman–Crippen MR) is 43.9 cm³/mol. The van der Waals surface area contributed by atoms with E-state index in [0.29, 0.717) is 5.58 Å². The van der Waals surface area contributed by atoms with E-state index >= 15 is 0 Å². The Kier molecular flexibility index (Phi) is 1.46. The number of hydrogen-bond donors (Lipinski definition) is 0. The first-order valence-electron chi connectivity index (χ1n) is 3.09. The zero-order valence-corrected chi connectivity index (χ0v) is 7.06. The lowest BCUT2D eigenvalue weighted by molar-refractivity contribution is 0.560. The van der Waals surface area contributed by atoms with Gasteiger partial charge in [-0.15, -0.1) is 0 Å². The van der Waals surface area contributed by atoms with Crippen LogP contribution in [0.4, 0.5) is 4.39 Å². The topological polar surface area (TPSA) is 13.1 Å². The van der Waals surface area contributed by atoms with Crippen molar-refractivity contribution >= 4 is 26.9 Å². The van der Waals surface area contributed by atoms with Crippen LogP contribution in [0.3, 0.4) is 0 Å². The van der Waals surface area contributed by atoms with Crippen LogP contribution in [0.25, 0.3) is 11.0 Å². The molecule has 2 rings (SSSR count). The highest BCUT2D eigenvalue weighted by molar-refractivity contribution is 9.10. The van der Waals surface area contributed by atoms with E-state index < -0.39 is 0 Å². The van der Waals surface area contributed by atoms with Crippen molar-refractivity contribution in [2.75, 3.05) is 0 Å². The molecule has 0 N–H and O–H groups in total. The highest BCUT2D eigenvalue weighted by Crippen LogP contribution is 2.23. The smallest absolute Gasteiger partial charge is 0.169 e. The van der Waals surface area contributed by atoms with E-state index in [2.05, 4.69) is 15.9 Å². The molecule has 0 spiro atoms. The van der Waals surface area contributed by atoms with Crippen molar-refractivity contribution in [2.45, 2.75) is 0 Å². The van der Waals surface area contributed by atoms with Gasteiger partial charge in [0, 0.05) is 9.86 Å². The molecule has 1 nitrogen and oxygen atoms in total. The summed E-state index contributed by atoms with van der Waals surface area (Å²) in [5.41, 5.74) is 0.313. The Morgan fingerprint density at radius 1 is 1.36 bits per heavy atom. The zero-order chi connectivity index (χ0) is 7.84. The molecule has 3 heteroatoms. The van der Waals surface area contributed by atoms with Gasteiger partial charge in [0.15, 0.2) is 11.4 Å². The molecule has 0 radical (unpaired) electrons. The quantitative estimate of drug-likeness (QED) is 0.656. The van der Waals surface area contributed by atoms with Crippen LogP contribution in [0.2, 0.25) is 0 Å². The summed E-state index contributed by atoms with van der Waals surface area (Å²) >= 11 is 3.19. The van der Waals surface area contributed by atoms with Gasteiger partial charge in [0.1, 0.15) is 0 Å². The van der Waals surface area contributed by atoms with E-state index in [9.17, 15) is 4.39 Å². The molecule has 0 aliphatic carbocycles. The molecule has 2 aromatic rings. The molecule has 0 aliphatic rings. The molecule has 1 aromatic heterocycles. The second-order valence-electron chi connectivity index (χ2n) is 2.23. The summed E-state index contributed by atoms with van der Waals surface area (Å²) in [5.74, 6) is -0.334. The summed E-state index contributed by atoms with van der Waals surface area (Å²) < 4.78 is 18.6. The molecule has 0 bridgehead atoms. The van der Waals surface area contributed by atoms with Gasteiger partial charge in [-0.25, -0.2) is 4.39 Å². The Bertz CT molecular complexity index is 394. The Morgan fingerprint density at radius 3 is 3.00 bits per heavy atom. The summed E-state index contributed by atoms with van der Waals surface area (Å²) in [6, 6.07) is 4.91. The van der Waals surface area contributed by atoms with Gasteiger partial charge in [-0.2, -0.15) is 0 Å². The minimum absolute atomic E-state index is 0.313. The molecular formula is C8H4BrFO. The van der Waals surface area contributed by atoms with E-state index in [1.54, 1.807) is 6.07 Å². The van der Waals surface area contributed by atoms with E-state index in [-0.39, 0.29) is 5.82 Å². The first-order chi connectivity index (χ1) is 5.27. The molecule has 0 fully saturated rings. The summed E-state index contributed by atoms with van der Waals surface area (Å²) in [6.07, 6.45) is 1.47. The van der Waals surface area contributed by atoms with E-state index in [0.717, 1.165) is 9.86 Å². The SMILES string of the molecule is Fc1cc(Br)cc2ccoc12. The number of benzene rings is 1. The number of halogens is 2. The maximum atomic E-state index is 13.0. The molecule has 0 saturated heterocycles. The van der Waals surface area contributed by atoms with Gasteiger partial charge in [-0.3, -0.25) is 0 Å². The normalized spacial score (nSPS) is 10.7. The summed E-state index contributed by atoms with van der Waals surface area (Å²) in [6.45, 7) is 0. The van der Waals surface area contributed by atoms with E-state index in [1.165, 1.54) is 12.3 Å². The van der Waals surface area contributed by atoms with Crippen LogP contribution in [-0.2, 0) is 0 Å². The Hall–Kier alpha value is -0.830. The fourth-order valence-corrected chi connectivity index (χ4v) is 1.45. The molecular weight excluding hydrogens is 211 g/mol. The van der Waals surface area contributed by atoms with Gasteiger partial charge >= 0.3 is 0 Å². The number of hydrogen-bond acceptors (Lipinski definition) is 1. The number of rotatable bonds is 0. The van der Waals surface area contributed by atoms with Crippen LogP contribution in [0.1, 0.15) is 0 Å². The van der Waals surface area contributed by atoms with Crippen molar-refractivity contribution in [1.29, 1.82) is 0 Å². The monoisotopic (exact) mass is 214 g/mol. The lowest BCUT2D eigenvalue weighted by Crippen LogP contribution is -1.74. The summed E-state index contributed by atoms with van der Waals surface area (Å²) in [4.78, 5) is 0. The molecule has 1 aromatic carbocycles. The van der Waals surface area contributed by atoms with Crippen LogP contribution in [0.5, 0.6) is 0 Å². The predicted octanol–water partition coefficient (Wildman–Crippen LogP) is 3.33. The maximum Gasteiger partial charge on any atom is 0.169 e. The van der Waals surface area contributed by atoms with Crippen LogP contribution < -0.4 is 0 Å². The van der Waals surface area contributed by atoms with Crippen molar-refractivity contribution in [3.05, 3.63) is 34.8 Å². The van der Waals surface area contributed by atoms with Gasteiger partial charge < -0.3 is 4.42 Å². The van der Waals surface area contributed by atoms with Crippen LogP contribution in [-0.4, -0.2) is 0 Å². The fraction of sp³-hybridized carbons (Fsp3) is 0. The molecule has 0 unspecified atom stereocenters. The molecule has 0 atom stereocenters.